The predicted octanol–water partition coefficient (Wildman–Crippen LogP) is 4.70. The third-order valence-electron chi connectivity index (χ3n) is 8.77. The molecular weight excluding hydrogens is 548 g/mol. The van der Waals surface area contributed by atoms with Crippen molar-refractivity contribution in [2.45, 2.75) is 57.9 Å². The van der Waals surface area contributed by atoms with Gasteiger partial charge in [-0.1, -0.05) is 25.1 Å². The number of benzene rings is 2. The average Bonchev–Trinajstić information content (AvgIpc) is 3.64. The summed E-state index contributed by atoms with van der Waals surface area (Å²) in [5, 5.41) is 20.6. The standard InChI is InChI=1S/C19H15NO5.C14H29N3O/c1-23-17-7-2-4-12-11(10-25-18(12)17)9-24-16-6-3-5-14-13(16)8-15(20-14)19(21)22;1-11-9-17(8-5-14(11)18)12(2)10-16-6-3-13(15)4-7-16/h2-8,10,20H,9H2,1H3,(H,21,22);11-14,18H,3-10,15H2,1-2H3/t;11-,12-,14-/m.0/s1. The summed E-state index contributed by atoms with van der Waals surface area (Å²) in [5.41, 5.74) is 8.35. The second kappa shape index (κ2) is 13.8. The summed E-state index contributed by atoms with van der Waals surface area (Å²) < 4.78 is 16.8. The Bertz CT molecular complexity index is 1510. The van der Waals surface area contributed by atoms with Crippen molar-refractivity contribution in [1.29, 1.82) is 0 Å². The molecule has 0 amide bonds. The molecule has 2 aliphatic rings. The van der Waals surface area contributed by atoms with E-state index in [9.17, 15) is 9.90 Å². The zero-order valence-electron chi connectivity index (χ0n) is 25.3. The lowest BCUT2D eigenvalue weighted by molar-refractivity contribution is 0.0119. The number of para-hydroxylation sites is 1. The van der Waals surface area contributed by atoms with E-state index in [1.54, 1.807) is 19.4 Å². The van der Waals surface area contributed by atoms with Crippen LogP contribution in [0.1, 0.15) is 49.2 Å². The third-order valence-corrected chi connectivity index (χ3v) is 8.77. The Balaban J connectivity index is 0.000000181. The summed E-state index contributed by atoms with van der Waals surface area (Å²) in [6.07, 6.45) is 4.76. The Morgan fingerprint density at radius 3 is 2.58 bits per heavy atom. The Kier molecular flexibility index (Phi) is 9.92. The van der Waals surface area contributed by atoms with Crippen LogP contribution in [0.15, 0.2) is 53.1 Å². The van der Waals surface area contributed by atoms with Crippen LogP contribution in [0.3, 0.4) is 0 Å². The van der Waals surface area contributed by atoms with E-state index >= 15 is 0 Å². The molecule has 0 bridgehead atoms. The monoisotopic (exact) mass is 592 g/mol. The van der Waals surface area contributed by atoms with Gasteiger partial charge in [-0.3, -0.25) is 4.90 Å². The fourth-order valence-electron chi connectivity index (χ4n) is 6.07. The van der Waals surface area contributed by atoms with Gasteiger partial charge in [-0.15, -0.1) is 0 Å². The summed E-state index contributed by atoms with van der Waals surface area (Å²) in [4.78, 5) is 19.1. The van der Waals surface area contributed by atoms with Crippen LogP contribution >= 0.6 is 0 Å². The highest BCUT2D eigenvalue weighted by Gasteiger charge is 2.28. The van der Waals surface area contributed by atoms with Gasteiger partial charge in [-0.05, 0) is 69.5 Å². The van der Waals surface area contributed by atoms with Gasteiger partial charge in [0.2, 0.25) is 0 Å². The lowest BCUT2D eigenvalue weighted by atomic mass is 9.95. The topological polar surface area (TPSA) is 137 Å². The minimum absolute atomic E-state index is 0.0959. The molecule has 5 N–H and O–H groups in total. The number of rotatable bonds is 8. The van der Waals surface area contributed by atoms with Crippen LogP contribution in [-0.2, 0) is 6.61 Å². The van der Waals surface area contributed by atoms with Crippen LogP contribution in [0.2, 0.25) is 0 Å². The van der Waals surface area contributed by atoms with Gasteiger partial charge >= 0.3 is 5.97 Å². The van der Waals surface area contributed by atoms with Gasteiger partial charge in [0.15, 0.2) is 11.3 Å². The van der Waals surface area contributed by atoms with E-state index in [0.717, 1.165) is 68.3 Å². The smallest absolute Gasteiger partial charge is 0.352 e. The molecule has 4 heterocycles. The molecule has 0 aliphatic carbocycles. The molecule has 232 valence electrons. The molecule has 2 fully saturated rings. The minimum atomic E-state index is -1.00. The number of carbonyl (C=O) groups is 1. The number of likely N-dealkylation sites (tertiary alicyclic amines) is 2. The van der Waals surface area contributed by atoms with Gasteiger partial charge in [0.05, 0.1) is 19.5 Å². The Morgan fingerprint density at radius 1 is 1.12 bits per heavy atom. The molecule has 10 heteroatoms. The molecule has 6 rings (SSSR count). The number of aliphatic hydroxyl groups is 1. The van der Waals surface area contributed by atoms with Crippen LogP contribution in [0.4, 0.5) is 0 Å². The van der Waals surface area contributed by atoms with Gasteiger partial charge in [0.1, 0.15) is 18.1 Å². The van der Waals surface area contributed by atoms with E-state index in [4.69, 9.17) is 24.7 Å². The zero-order valence-corrected chi connectivity index (χ0v) is 25.3. The quantitative estimate of drug-likeness (QED) is 0.229. The first kappa shape index (κ1) is 30.9. The van der Waals surface area contributed by atoms with Gasteiger partial charge in [-0.2, -0.15) is 0 Å². The molecule has 2 aromatic heterocycles. The number of nitrogens with one attached hydrogen (secondary N) is 1. The molecule has 2 saturated heterocycles. The van der Waals surface area contributed by atoms with Crippen LogP contribution in [0, 0.1) is 5.92 Å². The van der Waals surface area contributed by atoms with Gasteiger partial charge in [-0.25, -0.2) is 4.79 Å². The van der Waals surface area contributed by atoms with E-state index in [1.807, 2.05) is 36.4 Å². The zero-order chi connectivity index (χ0) is 30.5. The first-order valence-corrected chi connectivity index (χ1v) is 15.1. The number of carboxylic acids is 1. The van der Waals surface area contributed by atoms with Gasteiger partial charge < -0.3 is 39.7 Å². The molecular formula is C33H44N4O6. The third kappa shape index (κ3) is 7.33. The number of hydrogen-bond donors (Lipinski definition) is 4. The molecule has 2 aromatic carbocycles. The summed E-state index contributed by atoms with van der Waals surface area (Å²) in [6, 6.07) is 13.7. The number of aromatic amines is 1. The number of nitrogens with zero attached hydrogens (tertiary/aromatic N) is 2. The predicted molar refractivity (Wildman–Crippen MR) is 167 cm³/mol. The highest BCUT2D eigenvalue weighted by molar-refractivity contribution is 5.96. The van der Waals surface area contributed by atoms with E-state index in [2.05, 4.69) is 28.6 Å². The molecule has 43 heavy (non-hydrogen) atoms. The van der Waals surface area contributed by atoms with Crippen molar-refractivity contribution in [2.75, 3.05) is 39.8 Å². The maximum Gasteiger partial charge on any atom is 0.352 e. The summed E-state index contributed by atoms with van der Waals surface area (Å²) in [6.45, 7) is 10.3. The Labute approximate surface area is 252 Å². The minimum Gasteiger partial charge on any atom is -0.493 e. The second-order valence-corrected chi connectivity index (χ2v) is 11.9. The van der Waals surface area contributed by atoms with Crippen LogP contribution in [-0.4, -0.2) is 89.0 Å². The Hall–Kier alpha value is -3.57. The molecule has 0 radical (unpaired) electrons. The van der Waals surface area contributed by atoms with Crippen LogP contribution in [0.25, 0.3) is 21.9 Å². The maximum absolute atomic E-state index is 11.1. The number of carboxylic acid groups (broad SMARTS) is 1. The van der Waals surface area contributed by atoms with Crippen molar-refractivity contribution < 1.29 is 28.9 Å². The van der Waals surface area contributed by atoms with E-state index < -0.39 is 5.97 Å². The molecule has 3 atom stereocenters. The average molecular weight is 593 g/mol. The Morgan fingerprint density at radius 2 is 1.86 bits per heavy atom. The molecule has 4 aromatic rings. The highest BCUT2D eigenvalue weighted by Crippen LogP contribution is 2.32. The van der Waals surface area contributed by atoms with Crippen molar-refractivity contribution in [3.05, 3.63) is 60.0 Å². The maximum atomic E-state index is 11.1. The number of aromatic carboxylic acids is 1. The van der Waals surface area contributed by atoms with E-state index in [0.29, 0.717) is 47.2 Å². The van der Waals surface area contributed by atoms with Gasteiger partial charge in [0, 0.05) is 53.6 Å². The number of hydrogen-bond acceptors (Lipinski definition) is 8. The number of methoxy groups -OCH3 is 1. The lowest BCUT2D eigenvalue weighted by Gasteiger charge is -2.41. The van der Waals surface area contributed by atoms with Gasteiger partial charge in [0.25, 0.3) is 0 Å². The van der Waals surface area contributed by atoms with Crippen molar-refractivity contribution in [1.82, 2.24) is 14.8 Å². The molecule has 0 spiro atoms. The fraction of sp³-hybridized carbons (Fsp3) is 0.485. The number of H-pyrrole nitrogens is 1. The lowest BCUT2D eigenvalue weighted by Crippen LogP contribution is -2.51. The van der Waals surface area contributed by atoms with Crippen molar-refractivity contribution in [3.8, 4) is 11.5 Å². The number of piperidine rings is 2. The SMILES string of the molecule is COc1cccc2c(COc3cccc4[nH]c(C(=O)O)cc34)coc12.C[C@H]1CN([C@@H](C)CN2CCC(N)CC2)CC[C@@H]1O. The number of aromatic nitrogens is 1. The number of furan rings is 1. The molecule has 10 nitrogen and oxygen atoms in total. The normalized spacial score (nSPS) is 21.0. The summed E-state index contributed by atoms with van der Waals surface area (Å²) in [7, 11) is 1.60. The van der Waals surface area contributed by atoms with Crippen molar-refractivity contribution in [2.24, 2.45) is 11.7 Å². The van der Waals surface area contributed by atoms with Crippen molar-refractivity contribution >= 4 is 27.8 Å². The summed E-state index contributed by atoms with van der Waals surface area (Å²) in [5.74, 6) is 0.687. The van der Waals surface area contributed by atoms with Crippen LogP contribution in [0.5, 0.6) is 11.5 Å². The number of aliphatic hydroxyl groups excluding tert-OH is 1. The number of ether oxygens (including phenoxy) is 2. The summed E-state index contributed by atoms with van der Waals surface area (Å²) >= 11 is 0. The molecule has 0 unspecified atom stereocenters. The van der Waals surface area contributed by atoms with E-state index in [-0.39, 0.29) is 11.8 Å². The van der Waals surface area contributed by atoms with E-state index in [1.165, 1.54) is 0 Å². The highest BCUT2D eigenvalue weighted by atomic mass is 16.5. The fourth-order valence-corrected chi connectivity index (χ4v) is 6.07. The van der Waals surface area contributed by atoms with Crippen LogP contribution < -0.4 is 15.2 Å². The van der Waals surface area contributed by atoms with Crippen molar-refractivity contribution in [3.63, 3.8) is 0 Å². The second-order valence-electron chi connectivity index (χ2n) is 11.9. The number of nitrogens with two attached hydrogens (primary N) is 1. The first-order chi connectivity index (χ1) is 20.7. The molecule has 0 saturated carbocycles. The number of fused-ring (bicyclic) bond motifs is 2. The molecule has 2 aliphatic heterocycles. The first-order valence-electron chi connectivity index (χ1n) is 15.1. The largest absolute Gasteiger partial charge is 0.493 e.